The molecule has 0 bridgehead atoms. The zero-order chi connectivity index (χ0) is 17.1. The average molecular weight is 329 g/mol. The van der Waals surface area contributed by atoms with Crippen LogP contribution in [-0.2, 0) is 0 Å². The van der Waals surface area contributed by atoms with Crippen LogP contribution in [0, 0.1) is 11.8 Å². The number of nitrogens with zero attached hydrogens (tertiary/aromatic N) is 3. The Hall–Kier alpha value is -2.28. The molecule has 0 aromatic carbocycles. The number of nitrogens with one attached hydrogen (secondary N) is 2. The van der Waals surface area contributed by atoms with Crippen molar-refractivity contribution in [2.75, 3.05) is 26.2 Å². The van der Waals surface area contributed by atoms with Crippen molar-refractivity contribution in [3.05, 3.63) is 34.6 Å². The van der Waals surface area contributed by atoms with Gasteiger partial charge in [-0.15, -0.1) is 0 Å². The van der Waals surface area contributed by atoms with Crippen LogP contribution >= 0.6 is 0 Å². The number of carbonyl (C=O) groups is 1. The number of amides is 1. The number of hydrogen-bond donors (Lipinski definition) is 2. The summed E-state index contributed by atoms with van der Waals surface area (Å²) in [5.74, 6) is 0.882. The monoisotopic (exact) mass is 329 g/mol. The molecule has 1 fully saturated rings. The molecule has 1 saturated heterocycles. The Labute approximate surface area is 140 Å². The average Bonchev–Trinajstić information content (AvgIpc) is 2.99. The normalized spacial score (nSPS) is 18.4. The van der Waals surface area contributed by atoms with Gasteiger partial charge in [0, 0.05) is 19.6 Å². The van der Waals surface area contributed by atoms with Gasteiger partial charge in [0.1, 0.15) is 5.69 Å². The highest BCUT2D eigenvalue weighted by atomic mass is 16.2. The fourth-order valence-electron chi connectivity index (χ4n) is 3.18. The summed E-state index contributed by atoms with van der Waals surface area (Å²) < 4.78 is 0. The minimum Gasteiger partial charge on any atom is -0.350 e. The minimum absolute atomic E-state index is 0.248. The van der Waals surface area contributed by atoms with Crippen molar-refractivity contribution in [3.8, 4) is 0 Å². The fourth-order valence-corrected chi connectivity index (χ4v) is 3.18. The molecule has 3 rings (SSSR count). The van der Waals surface area contributed by atoms with Gasteiger partial charge in [-0.05, 0) is 30.9 Å². The number of likely N-dealkylation sites (tertiary alicyclic amines) is 1. The van der Waals surface area contributed by atoms with Crippen LogP contribution in [0.15, 0.2) is 23.4 Å². The van der Waals surface area contributed by atoms with E-state index in [1.54, 1.807) is 0 Å². The SMILES string of the molecule is CC(C)CN1CCC(CNC(=O)c2cc3c(=O)[nH]cnc3cn2)C1. The van der Waals surface area contributed by atoms with Gasteiger partial charge in [0.2, 0.25) is 0 Å². The Kier molecular flexibility index (Phi) is 4.89. The lowest BCUT2D eigenvalue weighted by molar-refractivity contribution is 0.0942. The summed E-state index contributed by atoms with van der Waals surface area (Å²) in [5, 5.41) is 3.31. The zero-order valence-electron chi connectivity index (χ0n) is 14.1. The van der Waals surface area contributed by atoms with Crippen LogP contribution in [0.2, 0.25) is 0 Å². The molecule has 3 heterocycles. The Balaban J connectivity index is 1.60. The second kappa shape index (κ2) is 7.09. The molecule has 2 N–H and O–H groups in total. The molecule has 2 aromatic heterocycles. The lowest BCUT2D eigenvalue weighted by atomic mass is 10.1. The minimum atomic E-state index is -0.267. The standard InChI is InChI=1S/C17H23N5O2/c1-11(2)8-22-4-3-12(9-22)6-19-17(24)14-5-13-15(7-18-14)20-10-21-16(13)23/h5,7,10-12H,3-4,6,8-9H2,1-2H3,(H,19,24)(H,20,21,23). The van der Waals surface area contributed by atoms with Crippen LogP contribution in [0.25, 0.3) is 10.9 Å². The lowest BCUT2D eigenvalue weighted by Gasteiger charge is -2.18. The molecule has 0 radical (unpaired) electrons. The lowest BCUT2D eigenvalue weighted by Crippen LogP contribution is -2.32. The first kappa shape index (κ1) is 16.6. The highest BCUT2D eigenvalue weighted by Gasteiger charge is 2.23. The van der Waals surface area contributed by atoms with E-state index in [-0.39, 0.29) is 17.2 Å². The van der Waals surface area contributed by atoms with Crippen molar-refractivity contribution >= 4 is 16.8 Å². The van der Waals surface area contributed by atoms with E-state index >= 15 is 0 Å². The van der Waals surface area contributed by atoms with Gasteiger partial charge in [-0.1, -0.05) is 13.8 Å². The highest BCUT2D eigenvalue weighted by molar-refractivity contribution is 5.95. The molecule has 1 amide bonds. The van der Waals surface area contributed by atoms with Crippen LogP contribution < -0.4 is 10.9 Å². The van der Waals surface area contributed by atoms with Gasteiger partial charge in [-0.3, -0.25) is 9.59 Å². The summed E-state index contributed by atoms with van der Waals surface area (Å²) in [6.07, 6.45) is 3.89. The third-order valence-electron chi connectivity index (χ3n) is 4.30. The molecular formula is C17H23N5O2. The predicted molar refractivity (Wildman–Crippen MR) is 91.9 cm³/mol. The molecule has 7 nitrogen and oxygen atoms in total. The third-order valence-corrected chi connectivity index (χ3v) is 4.30. The third kappa shape index (κ3) is 3.79. The number of aromatic amines is 1. The van der Waals surface area contributed by atoms with Gasteiger partial charge in [0.05, 0.1) is 23.4 Å². The van der Waals surface area contributed by atoms with E-state index in [4.69, 9.17) is 0 Å². The molecular weight excluding hydrogens is 306 g/mol. The Morgan fingerprint density at radius 1 is 1.46 bits per heavy atom. The van der Waals surface area contributed by atoms with Crippen molar-refractivity contribution < 1.29 is 4.79 Å². The second-order valence-corrected chi connectivity index (χ2v) is 6.84. The molecule has 0 saturated carbocycles. The molecule has 1 aliphatic heterocycles. The van der Waals surface area contributed by atoms with E-state index in [1.165, 1.54) is 18.6 Å². The topological polar surface area (TPSA) is 91.0 Å². The summed E-state index contributed by atoms with van der Waals surface area (Å²) in [6, 6.07) is 1.50. The summed E-state index contributed by atoms with van der Waals surface area (Å²) in [5.41, 5.74) is 0.463. The van der Waals surface area contributed by atoms with Gasteiger partial charge < -0.3 is 15.2 Å². The van der Waals surface area contributed by atoms with Crippen LogP contribution in [-0.4, -0.2) is 51.9 Å². The van der Waals surface area contributed by atoms with Gasteiger partial charge in [-0.25, -0.2) is 9.97 Å². The molecule has 0 aliphatic carbocycles. The van der Waals surface area contributed by atoms with Crippen molar-refractivity contribution in [1.29, 1.82) is 0 Å². The number of aromatic nitrogens is 3. The number of hydrogen-bond acceptors (Lipinski definition) is 5. The van der Waals surface area contributed by atoms with Gasteiger partial charge in [0.15, 0.2) is 0 Å². The van der Waals surface area contributed by atoms with Crippen LogP contribution in [0.4, 0.5) is 0 Å². The van der Waals surface area contributed by atoms with Crippen LogP contribution in [0.5, 0.6) is 0 Å². The van der Waals surface area contributed by atoms with E-state index < -0.39 is 0 Å². The fraction of sp³-hybridized carbons (Fsp3) is 0.529. The number of pyridine rings is 1. The Morgan fingerprint density at radius 2 is 2.29 bits per heavy atom. The molecule has 0 spiro atoms. The van der Waals surface area contributed by atoms with E-state index in [2.05, 4.69) is 39.0 Å². The quantitative estimate of drug-likeness (QED) is 0.855. The maximum Gasteiger partial charge on any atom is 0.269 e. The second-order valence-electron chi connectivity index (χ2n) is 6.84. The van der Waals surface area contributed by atoms with E-state index in [0.29, 0.717) is 29.3 Å². The first-order valence-corrected chi connectivity index (χ1v) is 8.37. The highest BCUT2D eigenvalue weighted by Crippen LogP contribution is 2.16. The largest absolute Gasteiger partial charge is 0.350 e. The number of fused-ring (bicyclic) bond motifs is 1. The summed E-state index contributed by atoms with van der Waals surface area (Å²) >= 11 is 0. The summed E-state index contributed by atoms with van der Waals surface area (Å²) in [7, 11) is 0. The Morgan fingerprint density at radius 3 is 3.08 bits per heavy atom. The summed E-state index contributed by atoms with van der Waals surface area (Å²) in [6.45, 7) is 8.29. The maximum absolute atomic E-state index is 12.3. The van der Waals surface area contributed by atoms with E-state index in [1.807, 2.05) is 0 Å². The van der Waals surface area contributed by atoms with Gasteiger partial charge in [-0.2, -0.15) is 0 Å². The number of rotatable bonds is 5. The van der Waals surface area contributed by atoms with Gasteiger partial charge >= 0.3 is 0 Å². The smallest absolute Gasteiger partial charge is 0.269 e. The molecule has 7 heteroatoms. The van der Waals surface area contributed by atoms with E-state index in [9.17, 15) is 9.59 Å². The molecule has 1 atom stereocenters. The van der Waals surface area contributed by atoms with Gasteiger partial charge in [0.25, 0.3) is 11.5 Å². The Bertz CT molecular complexity index is 786. The molecule has 1 unspecified atom stereocenters. The van der Waals surface area contributed by atoms with Crippen molar-refractivity contribution in [1.82, 2.24) is 25.2 Å². The van der Waals surface area contributed by atoms with Crippen molar-refractivity contribution in [3.63, 3.8) is 0 Å². The van der Waals surface area contributed by atoms with Crippen molar-refractivity contribution in [2.45, 2.75) is 20.3 Å². The van der Waals surface area contributed by atoms with E-state index in [0.717, 1.165) is 26.1 Å². The van der Waals surface area contributed by atoms with Crippen LogP contribution in [0.3, 0.4) is 0 Å². The number of H-pyrrole nitrogens is 1. The molecule has 2 aromatic rings. The first-order chi connectivity index (χ1) is 11.5. The van der Waals surface area contributed by atoms with Crippen molar-refractivity contribution in [2.24, 2.45) is 11.8 Å². The maximum atomic E-state index is 12.3. The summed E-state index contributed by atoms with van der Waals surface area (Å²) in [4.78, 5) is 37.2. The molecule has 128 valence electrons. The predicted octanol–water partition coefficient (Wildman–Crippen LogP) is 1.03. The van der Waals surface area contributed by atoms with Crippen LogP contribution in [0.1, 0.15) is 30.8 Å². The number of carbonyl (C=O) groups excluding carboxylic acids is 1. The molecule has 24 heavy (non-hydrogen) atoms. The molecule has 1 aliphatic rings. The first-order valence-electron chi connectivity index (χ1n) is 8.37. The zero-order valence-corrected chi connectivity index (χ0v) is 14.1.